The van der Waals surface area contributed by atoms with Crippen LogP contribution >= 0.6 is 0 Å². The number of hydrogen-bond acceptors (Lipinski definition) is 4. The Morgan fingerprint density at radius 1 is 1.56 bits per heavy atom. The van der Waals surface area contributed by atoms with E-state index in [1.54, 1.807) is 6.07 Å². The zero-order valence-corrected chi connectivity index (χ0v) is 10.9. The number of likely N-dealkylation sites (N-methyl/N-ethyl adjacent to an activating group) is 1. The number of pyridine rings is 1. The molecule has 1 aromatic rings. The fraction of sp³-hybridized carbons (Fsp3) is 0.455. The van der Waals surface area contributed by atoms with E-state index in [2.05, 4.69) is 10.3 Å². The summed E-state index contributed by atoms with van der Waals surface area (Å²) in [6, 6.07) is 2.44. The molecule has 6 nitrogen and oxygen atoms in total. The summed E-state index contributed by atoms with van der Waals surface area (Å²) in [5, 5.41) is 2.50. The first-order chi connectivity index (χ1) is 8.57. The van der Waals surface area contributed by atoms with Crippen LogP contribution in [-0.4, -0.2) is 43.2 Å². The Balaban J connectivity index is 2.33. The van der Waals surface area contributed by atoms with Gasteiger partial charge in [-0.05, 0) is 25.0 Å². The highest BCUT2D eigenvalue weighted by atomic mass is 32.2. The number of nitrogens with one attached hydrogen (secondary N) is 1. The Labute approximate surface area is 106 Å². The maximum atomic E-state index is 12.4. The highest BCUT2D eigenvalue weighted by Gasteiger charge is 2.38. The van der Waals surface area contributed by atoms with Crippen LogP contribution in [0, 0.1) is 0 Å². The van der Waals surface area contributed by atoms with Crippen LogP contribution in [0.2, 0.25) is 0 Å². The molecule has 1 amide bonds. The topological polar surface area (TPSA) is 79.4 Å². The molecule has 0 unspecified atom stereocenters. The molecule has 1 N–H and O–H groups in total. The van der Waals surface area contributed by atoms with E-state index in [-0.39, 0.29) is 10.8 Å². The summed E-state index contributed by atoms with van der Waals surface area (Å²) < 4.78 is 26.0. The summed E-state index contributed by atoms with van der Waals surface area (Å²) in [5.41, 5.74) is 0. The molecule has 1 atom stereocenters. The van der Waals surface area contributed by atoms with E-state index < -0.39 is 16.1 Å². The lowest BCUT2D eigenvalue weighted by atomic mass is 10.2. The van der Waals surface area contributed by atoms with Crippen molar-refractivity contribution in [3.05, 3.63) is 24.5 Å². The van der Waals surface area contributed by atoms with E-state index in [1.807, 2.05) is 0 Å². The van der Waals surface area contributed by atoms with Crippen LogP contribution in [0.1, 0.15) is 12.8 Å². The highest BCUT2D eigenvalue weighted by Crippen LogP contribution is 2.25. The van der Waals surface area contributed by atoms with E-state index in [0.29, 0.717) is 19.4 Å². The van der Waals surface area contributed by atoms with Gasteiger partial charge in [-0.25, -0.2) is 8.42 Å². The summed E-state index contributed by atoms with van der Waals surface area (Å²) in [6.45, 7) is 0.370. The minimum absolute atomic E-state index is 0.126. The molecule has 0 aromatic carbocycles. The van der Waals surface area contributed by atoms with Gasteiger partial charge in [0.2, 0.25) is 15.9 Å². The van der Waals surface area contributed by atoms with Crippen molar-refractivity contribution in [1.29, 1.82) is 0 Å². The first kappa shape index (κ1) is 13.0. The van der Waals surface area contributed by atoms with E-state index in [9.17, 15) is 13.2 Å². The zero-order valence-electron chi connectivity index (χ0n) is 10.0. The molecule has 0 saturated carbocycles. The molecule has 2 heterocycles. The van der Waals surface area contributed by atoms with Crippen molar-refractivity contribution in [2.75, 3.05) is 13.6 Å². The van der Waals surface area contributed by atoms with Gasteiger partial charge in [0.25, 0.3) is 0 Å². The number of amides is 1. The first-order valence-electron chi connectivity index (χ1n) is 5.71. The number of hydrogen-bond donors (Lipinski definition) is 1. The molecule has 98 valence electrons. The molecule has 0 spiro atoms. The predicted octanol–water partition coefficient (Wildman–Crippen LogP) is -0.0193. The Hall–Kier alpha value is -1.47. The van der Waals surface area contributed by atoms with Crippen LogP contribution in [0.5, 0.6) is 0 Å². The maximum Gasteiger partial charge on any atom is 0.245 e. The first-order valence-corrected chi connectivity index (χ1v) is 7.15. The quantitative estimate of drug-likeness (QED) is 0.836. The van der Waals surface area contributed by atoms with Crippen molar-refractivity contribution in [2.24, 2.45) is 0 Å². The number of nitrogens with zero attached hydrogens (tertiary/aromatic N) is 2. The second-order valence-corrected chi connectivity index (χ2v) is 5.97. The Kier molecular flexibility index (Phi) is 3.63. The molecular weight excluding hydrogens is 254 g/mol. The minimum Gasteiger partial charge on any atom is -0.358 e. The van der Waals surface area contributed by atoms with Gasteiger partial charge < -0.3 is 5.32 Å². The molecule has 0 bridgehead atoms. The van der Waals surface area contributed by atoms with Gasteiger partial charge in [0.05, 0.1) is 0 Å². The van der Waals surface area contributed by atoms with Crippen LogP contribution in [-0.2, 0) is 14.8 Å². The van der Waals surface area contributed by atoms with Gasteiger partial charge in [0, 0.05) is 26.0 Å². The summed E-state index contributed by atoms with van der Waals surface area (Å²) in [6.07, 6.45) is 4.06. The lowest BCUT2D eigenvalue weighted by molar-refractivity contribution is -0.123. The van der Waals surface area contributed by atoms with Gasteiger partial charge >= 0.3 is 0 Å². The SMILES string of the molecule is CNC(=O)[C@@H]1CCCN1S(=O)(=O)c1cccnc1. The number of carbonyl (C=O) groups excluding carboxylic acids is 1. The van der Waals surface area contributed by atoms with Crippen molar-refractivity contribution < 1.29 is 13.2 Å². The number of aromatic nitrogens is 1. The highest BCUT2D eigenvalue weighted by molar-refractivity contribution is 7.89. The lowest BCUT2D eigenvalue weighted by Gasteiger charge is -2.22. The second kappa shape index (κ2) is 5.03. The van der Waals surface area contributed by atoms with Crippen molar-refractivity contribution in [1.82, 2.24) is 14.6 Å². The molecule has 1 fully saturated rings. The van der Waals surface area contributed by atoms with Crippen molar-refractivity contribution in [3.8, 4) is 0 Å². The van der Waals surface area contributed by atoms with Gasteiger partial charge in [-0.15, -0.1) is 0 Å². The molecule has 18 heavy (non-hydrogen) atoms. The van der Waals surface area contributed by atoms with Crippen molar-refractivity contribution in [3.63, 3.8) is 0 Å². The third-order valence-electron chi connectivity index (χ3n) is 2.99. The van der Waals surface area contributed by atoms with Gasteiger partial charge in [0.1, 0.15) is 10.9 Å². The molecule has 1 saturated heterocycles. The number of carbonyl (C=O) groups is 1. The van der Waals surface area contributed by atoms with Gasteiger partial charge in [-0.2, -0.15) is 4.31 Å². The van der Waals surface area contributed by atoms with Gasteiger partial charge in [0.15, 0.2) is 0 Å². The van der Waals surface area contributed by atoms with E-state index in [0.717, 1.165) is 0 Å². The van der Waals surface area contributed by atoms with Crippen LogP contribution in [0.3, 0.4) is 0 Å². The van der Waals surface area contributed by atoms with Crippen molar-refractivity contribution in [2.45, 2.75) is 23.8 Å². The monoisotopic (exact) mass is 269 g/mol. The van der Waals surface area contributed by atoms with Crippen LogP contribution in [0.4, 0.5) is 0 Å². The smallest absolute Gasteiger partial charge is 0.245 e. The third kappa shape index (κ3) is 2.23. The molecule has 0 aliphatic carbocycles. The van der Waals surface area contributed by atoms with E-state index >= 15 is 0 Å². The second-order valence-electron chi connectivity index (χ2n) is 4.08. The molecule has 0 radical (unpaired) electrons. The maximum absolute atomic E-state index is 12.4. The average molecular weight is 269 g/mol. The van der Waals surface area contributed by atoms with Gasteiger partial charge in [-0.3, -0.25) is 9.78 Å². The molecule has 7 heteroatoms. The predicted molar refractivity (Wildman–Crippen MR) is 65.2 cm³/mol. The molecular formula is C11H15N3O3S. The summed E-state index contributed by atoms with van der Waals surface area (Å²) in [7, 11) is -2.12. The lowest BCUT2D eigenvalue weighted by Crippen LogP contribution is -2.44. The Morgan fingerprint density at radius 3 is 2.94 bits per heavy atom. The summed E-state index contributed by atoms with van der Waals surface area (Å²) in [5.74, 6) is -0.264. The Morgan fingerprint density at radius 2 is 2.33 bits per heavy atom. The van der Waals surface area contributed by atoms with E-state index in [4.69, 9.17) is 0 Å². The molecule has 1 aromatic heterocycles. The average Bonchev–Trinajstić information content (AvgIpc) is 2.89. The summed E-state index contributed by atoms with van der Waals surface area (Å²) >= 11 is 0. The number of rotatable bonds is 3. The fourth-order valence-corrected chi connectivity index (χ4v) is 3.71. The molecule has 1 aliphatic rings. The fourth-order valence-electron chi connectivity index (χ4n) is 2.09. The standard InChI is InChI=1S/C11H15N3O3S/c1-12-11(15)10-5-3-7-14(10)18(16,17)9-4-2-6-13-8-9/h2,4,6,8,10H,3,5,7H2,1H3,(H,12,15)/t10-/m0/s1. The van der Waals surface area contributed by atoms with E-state index in [1.165, 1.54) is 29.8 Å². The molecule has 2 rings (SSSR count). The van der Waals surface area contributed by atoms with Gasteiger partial charge in [-0.1, -0.05) is 0 Å². The van der Waals surface area contributed by atoms with Crippen LogP contribution < -0.4 is 5.32 Å². The zero-order chi connectivity index (χ0) is 13.2. The third-order valence-corrected chi connectivity index (χ3v) is 4.89. The minimum atomic E-state index is -3.63. The largest absolute Gasteiger partial charge is 0.358 e. The number of sulfonamides is 1. The normalized spacial score (nSPS) is 20.8. The Bertz CT molecular complexity index is 530. The summed E-state index contributed by atoms with van der Waals surface area (Å²) in [4.78, 5) is 15.6. The van der Waals surface area contributed by atoms with Crippen molar-refractivity contribution >= 4 is 15.9 Å². The molecule has 1 aliphatic heterocycles. The van der Waals surface area contributed by atoms with Crippen LogP contribution in [0.15, 0.2) is 29.4 Å². The van der Waals surface area contributed by atoms with Crippen LogP contribution in [0.25, 0.3) is 0 Å².